The van der Waals surface area contributed by atoms with Crippen LogP contribution >= 0.6 is 11.3 Å². The molecule has 0 aliphatic heterocycles. The van der Waals surface area contributed by atoms with Crippen molar-refractivity contribution in [2.24, 2.45) is 5.73 Å². The quantitative estimate of drug-likeness (QED) is 0.756. The molecular weight excluding hydrogens is 333 g/mol. The van der Waals surface area contributed by atoms with Crippen LogP contribution in [0.2, 0.25) is 0 Å². The largest absolute Gasteiger partial charge is 0.496 e. The van der Waals surface area contributed by atoms with Crippen LogP contribution in [0.25, 0.3) is 10.1 Å². The third kappa shape index (κ3) is 2.91. The Bertz CT molecular complexity index is 909. The Hall–Kier alpha value is -2.64. The normalized spacial score (nSPS) is 12.1. The van der Waals surface area contributed by atoms with Gasteiger partial charge in [0.15, 0.2) is 11.6 Å². The zero-order chi connectivity index (χ0) is 17.3. The van der Waals surface area contributed by atoms with Gasteiger partial charge >= 0.3 is 6.09 Å². The Labute approximate surface area is 141 Å². The van der Waals surface area contributed by atoms with Crippen molar-refractivity contribution in [2.75, 3.05) is 7.11 Å². The number of hydrogen-bond donors (Lipinski definition) is 2. The molecule has 2 aromatic carbocycles. The van der Waals surface area contributed by atoms with E-state index in [1.54, 1.807) is 0 Å². The second kappa shape index (κ2) is 6.46. The fraction of sp³-hybridized carbons (Fsp3) is 0.118. The summed E-state index contributed by atoms with van der Waals surface area (Å²) in [5.41, 5.74) is 5.87. The number of fused-ring (bicyclic) bond motifs is 1. The molecule has 1 unspecified atom stereocenters. The summed E-state index contributed by atoms with van der Waals surface area (Å²) in [4.78, 5) is 10.9. The molecule has 1 aromatic heterocycles. The third-order valence-electron chi connectivity index (χ3n) is 3.59. The van der Waals surface area contributed by atoms with E-state index in [4.69, 9.17) is 10.5 Å². The van der Waals surface area contributed by atoms with E-state index in [0.717, 1.165) is 16.2 Å². The Morgan fingerprint density at radius 3 is 2.71 bits per heavy atom. The Morgan fingerprint density at radius 2 is 2.00 bits per heavy atom. The van der Waals surface area contributed by atoms with Gasteiger partial charge in [0, 0.05) is 21.9 Å². The summed E-state index contributed by atoms with van der Waals surface area (Å²) < 4.78 is 24.7. The molecule has 3 rings (SSSR count). The lowest BCUT2D eigenvalue weighted by atomic mass is 9.99. The second-order valence-corrected chi connectivity index (χ2v) is 5.95. The van der Waals surface area contributed by atoms with Crippen molar-refractivity contribution < 1.29 is 23.8 Å². The summed E-state index contributed by atoms with van der Waals surface area (Å²) in [6.45, 7) is 0. The Balaban J connectivity index is 2.11. The van der Waals surface area contributed by atoms with Gasteiger partial charge in [-0.15, -0.1) is 11.3 Å². The number of thiophene rings is 1. The SMILES string of the molecule is COc1cc(F)c(OC(N)=O)cc1C(O)c1csc2ccccc12. The number of ether oxygens (including phenoxy) is 2. The van der Waals surface area contributed by atoms with Crippen molar-refractivity contribution in [3.63, 3.8) is 0 Å². The van der Waals surface area contributed by atoms with E-state index in [1.807, 2.05) is 29.6 Å². The van der Waals surface area contributed by atoms with Crippen LogP contribution in [0, 0.1) is 5.82 Å². The number of rotatable bonds is 4. The van der Waals surface area contributed by atoms with E-state index in [-0.39, 0.29) is 17.1 Å². The average Bonchev–Trinajstić information content (AvgIpc) is 2.99. The number of aliphatic hydroxyl groups is 1. The van der Waals surface area contributed by atoms with Gasteiger partial charge in [0.2, 0.25) is 0 Å². The summed E-state index contributed by atoms with van der Waals surface area (Å²) in [5.74, 6) is -1.03. The third-order valence-corrected chi connectivity index (χ3v) is 4.58. The second-order valence-electron chi connectivity index (χ2n) is 5.04. The van der Waals surface area contributed by atoms with Crippen LogP contribution in [0.15, 0.2) is 41.8 Å². The van der Waals surface area contributed by atoms with Gasteiger partial charge < -0.3 is 20.3 Å². The molecule has 24 heavy (non-hydrogen) atoms. The van der Waals surface area contributed by atoms with Gasteiger partial charge in [0.05, 0.1) is 7.11 Å². The van der Waals surface area contributed by atoms with Gasteiger partial charge in [-0.2, -0.15) is 0 Å². The number of methoxy groups -OCH3 is 1. The molecule has 0 saturated heterocycles. The molecule has 7 heteroatoms. The highest BCUT2D eigenvalue weighted by Crippen LogP contribution is 2.39. The number of aliphatic hydroxyl groups excluding tert-OH is 1. The zero-order valence-electron chi connectivity index (χ0n) is 12.7. The van der Waals surface area contributed by atoms with Crippen LogP contribution in [0.1, 0.15) is 17.2 Å². The van der Waals surface area contributed by atoms with Crippen LogP contribution in [-0.4, -0.2) is 18.3 Å². The minimum absolute atomic E-state index is 0.145. The predicted molar refractivity (Wildman–Crippen MR) is 89.1 cm³/mol. The maximum atomic E-state index is 13.9. The molecule has 0 aliphatic rings. The summed E-state index contributed by atoms with van der Waals surface area (Å²) >= 11 is 1.49. The van der Waals surface area contributed by atoms with Gasteiger partial charge in [0.1, 0.15) is 11.9 Å². The molecule has 0 spiro atoms. The number of hydrogen-bond acceptors (Lipinski definition) is 5. The molecule has 5 nitrogen and oxygen atoms in total. The summed E-state index contributed by atoms with van der Waals surface area (Å²) in [5, 5.41) is 13.5. The van der Waals surface area contributed by atoms with E-state index in [0.29, 0.717) is 5.56 Å². The Morgan fingerprint density at radius 1 is 1.25 bits per heavy atom. The van der Waals surface area contributed by atoms with Crippen molar-refractivity contribution in [2.45, 2.75) is 6.10 Å². The molecule has 1 atom stereocenters. The van der Waals surface area contributed by atoms with Crippen molar-refractivity contribution in [3.05, 3.63) is 58.7 Å². The summed E-state index contributed by atoms with van der Waals surface area (Å²) in [7, 11) is 1.37. The lowest BCUT2D eigenvalue weighted by molar-refractivity contribution is 0.205. The number of amides is 1. The van der Waals surface area contributed by atoms with E-state index in [2.05, 4.69) is 4.74 Å². The van der Waals surface area contributed by atoms with Gasteiger partial charge in [-0.3, -0.25) is 0 Å². The van der Waals surface area contributed by atoms with Crippen LogP contribution in [0.3, 0.4) is 0 Å². The van der Waals surface area contributed by atoms with Gasteiger partial charge in [-0.1, -0.05) is 18.2 Å². The molecule has 3 N–H and O–H groups in total. The minimum Gasteiger partial charge on any atom is -0.496 e. The number of halogens is 1. The molecule has 0 radical (unpaired) electrons. The highest BCUT2D eigenvalue weighted by atomic mass is 32.1. The van der Waals surface area contributed by atoms with E-state index in [1.165, 1.54) is 24.5 Å². The highest BCUT2D eigenvalue weighted by Gasteiger charge is 2.22. The maximum absolute atomic E-state index is 13.9. The maximum Gasteiger partial charge on any atom is 0.410 e. The van der Waals surface area contributed by atoms with Crippen molar-refractivity contribution in [1.82, 2.24) is 0 Å². The lowest BCUT2D eigenvalue weighted by Crippen LogP contribution is -2.17. The smallest absolute Gasteiger partial charge is 0.410 e. The number of nitrogens with two attached hydrogens (primary N) is 1. The predicted octanol–water partition coefficient (Wildman–Crippen LogP) is 3.59. The highest BCUT2D eigenvalue weighted by molar-refractivity contribution is 7.17. The first kappa shape index (κ1) is 16.2. The van der Waals surface area contributed by atoms with Crippen LogP contribution < -0.4 is 15.2 Å². The number of primary amides is 1. The molecule has 0 fully saturated rings. The summed E-state index contributed by atoms with van der Waals surface area (Å²) in [6, 6.07) is 9.88. The molecule has 1 heterocycles. The molecular formula is C17H14FNO4S. The fourth-order valence-corrected chi connectivity index (χ4v) is 3.49. The number of carbonyl (C=O) groups is 1. The molecule has 0 aliphatic carbocycles. The first-order valence-corrected chi connectivity index (χ1v) is 7.88. The van der Waals surface area contributed by atoms with Crippen molar-refractivity contribution in [1.29, 1.82) is 0 Å². The number of carbonyl (C=O) groups excluding carboxylic acids is 1. The average molecular weight is 347 g/mol. The lowest BCUT2D eigenvalue weighted by Gasteiger charge is -2.16. The first-order valence-electron chi connectivity index (χ1n) is 7.00. The van der Waals surface area contributed by atoms with Crippen molar-refractivity contribution in [3.8, 4) is 11.5 Å². The number of benzene rings is 2. The van der Waals surface area contributed by atoms with E-state index >= 15 is 0 Å². The molecule has 124 valence electrons. The zero-order valence-corrected chi connectivity index (χ0v) is 13.5. The van der Waals surface area contributed by atoms with Gasteiger partial charge in [0.25, 0.3) is 0 Å². The Kier molecular flexibility index (Phi) is 4.37. The van der Waals surface area contributed by atoms with Crippen LogP contribution in [0.4, 0.5) is 9.18 Å². The van der Waals surface area contributed by atoms with Crippen LogP contribution in [0.5, 0.6) is 11.5 Å². The van der Waals surface area contributed by atoms with Gasteiger partial charge in [-0.25, -0.2) is 9.18 Å². The van der Waals surface area contributed by atoms with E-state index < -0.39 is 18.0 Å². The molecule has 3 aromatic rings. The fourth-order valence-electron chi connectivity index (χ4n) is 2.51. The molecule has 1 amide bonds. The topological polar surface area (TPSA) is 81.8 Å². The summed E-state index contributed by atoms with van der Waals surface area (Å²) in [6.07, 6.45) is -2.22. The molecule has 0 bridgehead atoms. The van der Waals surface area contributed by atoms with E-state index in [9.17, 15) is 14.3 Å². The van der Waals surface area contributed by atoms with Crippen molar-refractivity contribution >= 4 is 27.5 Å². The van der Waals surface area contributed by atoms with Gasteiger partial charge in [-0.05, 0) is 22.9 Å². The standard InChI is InChI=1S/C17H14FNO4S/c1-22-13-7-12(18)14(23-17(19)21)6-10(13)16(20)11-8-24-15-5-3-2-4-9(11)15/h2-8,16,20H,1H3,(H2,19,21). The first-order chi connectivity index (χ1) is 11.5. The van der Waals surface area contributed by atoms with Crippen LogP contribution in [-0.2, 0) is 0 Å². The minimum atomic E-state index is -1.14. The molecule has 0 saturated carbocycles. The monoisotopic (exact) mass is 347 g/mol.